The van der Waals surface area contributed by atoms with Crippen LogP contribution in [0, 0.1) is 6.92 Å². The van der Waals surface area contributed by atoms with E-state index in [4.69, 9.17) is 9.47 Å². The number of ketones is 1. The quantitative estimate of drug-likeness (QED) is 0.787. The van der Waals surface area contributed by atoms with Crippen molar-refractivity contribution in [3.63, 3.8) is 0 Å². The Morgan fingerprint density at radius 2 is 1.87 bits per heavy atom. The van der Waals surface area contributed by atoms with Gasteiger partial charge in [0.1, 0.15) is 40.9 Å². The first-order chi connectivity index (χ1) is 10.9. The second-order valence-corrected chi connectivity index (χ2v) is 5.40. The second-order valence-electron chi connectivity index (χ2n) is 5.40. The van der Waals surface area contributed by atoms with Gasteiger partial charge in [-0.3, -0.25) is 4.79 Å². The van der Waals surface area contributed by atoms with Crippen LogP contribution in [0.3, 0.4) is 0 Å². The Labute approximate surface area is 132 Å². The molecule has 6 nitrogen and oxygen atoms in total. The van der Waals surface area contributed by atoms with Crippen LogP contribution in [-0.2, 0) is 0 Å². The van der Waals surface area contributed by atoms with Gasteiger partial charge in [-0.05, 0) is 13.0 Å². The molecule has 2 aromatic rings. The van der Waals surface area contributed by atoms with Crippen molar-refractivity contribution < 1.29 is 29.6 Å². The summed E-state index contributed by atoms with van der Waals surface area (Å²) in [6.45, 7) is 1.61. The van der Waals surface area contributed by atoms with Crippen LogP contribution in [0.15, 0.2) is 24.3 Å². The number of carbonyl (C=O) groups excluding carboxylic acids is 1. The molecule has 3 N–H and O–H groups in total. The number of methoxy groups -OCH3 is 1. The Kier molecular flexibility index (Phi) is 3.52. The van der Waals surface area contributed by atoms with E-state index in [9.17, 15) is 20.1 Å². The number of carbonyl (C=O) groups is 1. The van der Waals surface area contributed by atoms with E-state index >= 15 is 0 Å². The molecule has 6 heteroatoms. The zero-order valence-corrected chi connectivity index (χ0v) is 12.7. The van der Waals surface area contributed by atoms with E-state index in [1.54, 1.807) is 19.1 Å². The summed E-state index contributed by atoms with van der Waals surface area (Å²) >= 11 is 0. The first-order valence-corrected chi connectivity index (χ1v) is 7.03. The van der Waals surface area contributed by atoms with E-state index in [0.29, 0.717) is 16.9 Å². The fraction of sp³-hybridized carbons (Fsp3) is 0.235. The molecule has 1 atom stereocenters. The van der Waals surface area contributed by atoms with Crippen molar-refractivity contribution in [2.75, 3.05) is 13.7 Å². The summed E-state index contributed by atoms with van der Waals surface area (Å²) in [5, 5.41) is 29.8. The maximum atomic E-state index is 12.7. The molecule has 1 unspecified atom stereocenters. The van der Waals surface area contributed by atoms with Gasteiger partial charge in [0, 0.05) is 23.3 Å². The molecule has 2 aromatic carbocycles. The number of ether oxygens (including phenoxy) is 2. The number of fused-ring (bicyclic) bond motifs is 1. The van der Waals surface area contributed by atoms with Crippen LogP contribution in [-0.4, -0.2) is 34.8 Å². The maximum Gasteiger partial charge on any atom is 0.181 e. The van der Waals surface area contributed by atoms with Gasteiger partial charge in [-0.25, -0.2) is 0 Å². The molecule has 0 fully saturated rings. The average molecular weight is 316 g/mol. The summed E-state index contributed by atoms with van der Waals surface area (Å²) < 4.78 is 10.6. The van der Waals surface area contributed by atoms with Crippen LogP contribution in [0.1, 0.15) is 27.4 Å². The molecule has 1 aliphatic heterocycles. The third kappa shape index (κ3) is 2.32. The van der Waals surface area contributed by atoms with Gasteiger partial charge in [0.15, 0.2) is 5.78 Å². The van der Waals surface area contributed by atoms with Gasteiger partial charge in [-0.1, -0.05) is 6.07 Å². The SMILES string of the molecule is COc1ccc(C2COc3c(C)c(O)cc(O)c3C2=O)c(O)c1. The highest BCUT2D eigenvalue weighted by Crippen LogP contribution is 2.44. The fourth-order valence-corrected chi connectivity index (χ4v) is 2.74. The van der Waals surface area contributed by atoms with E-state index in [0.717, 1.165) is 6.07 Å². The third-order valence-electron chi connectivity index (χ3n) is 4.05. The van der Waals surface area contributed by atoms with Crippen LogP contribution in [0.4, 0.5) is 0 Å². The molecule has 3 rings (SSSR count). The first kappa shape index (κ1) is 15.0. The average Bonchev–Trinajstić information content (AvgIpc) is 2.52. The van der Waals surface area contributed by atoms with Crippen molar-refractivity contribution >= 4 is 5.78 Å². The van der Waals surface area contributed by atoms with Crippen molar-refractivity contribution in [3.8, 4) is 28.7 Å². The van der Waals surface area contributed by atoms with Gasteiger partial charge in [0.05, 0.1) is 13.0 Å². The zero-order valence-electron chi connectivity index (χ0n) is 12.7. The minimum absolute atomic E-state index is 0.00938. The second kappa shape index (κ2) is 5.39. The van der Waals surface area contributed by atoms with Gasteiger partial charge >= 0.3 is 0 Å². The Balaban J connectivity index is 2.07. The molecule has 0 radical (unpaired) electrons. The van der Waals surface area contributed by atoms with Crippen molar-refractivity contribution in [1.82, 2.24) is 0 Å². The highest BCUT2D eigenvalue weighted by atomic mass is 16.5. The highest BCUT2D eigenvalue weighted by molar-refractivity contribution is 6.07. The molecule has 1 aliphatic rings. The molecule has 0 amide bonds. The standard InChI is InChI=1S/C17H16O6/c1-8-12(18)6-14(20)15-16(21)11(7-23-17(8)15)10-4-3-9(22-2)5-13(10)19/h3-6,11,18-20H,7H2,1-2H3. The number of aromatic hydroxyl groups is 3. The van der Waals surface area contributed by atoms with E-state index in [1.807, 2.05) is 0 Å². The Hall–Kier alpha value is -2.89. The summed E-state index contributed by atoms with van der Waals surface area (Å²) in [4.78, 5) is 12.7. The summed E-state index contributed by atoms with van der Waals surface area (Å²) in [6.07, 6.45) is 0. The predicted molar refractivity (Wildman–Crippen MR) is 81.7 cm³/mol. The van der Waals surface area contributed by atoms with Crippen LogP contribution in [0.25, 0.3) is 0 Å². The number of phenolic OH excluding ortho intramolecular Hbond substituents is 3. The van der Waals surface area contributed by atoms with Crippen LogP contribution < -0.4 is 9.47 Å². The minimum atomic E-state index is -0.747. The van der Waals surface area contributed by atoms with Gasteiger partial charge in [0.2, 0.25) is 0 Å². The molecule has 1 heterocycles. The lowest BCUT2D eigenvalue weighted by atomic mass is 9.87. The first-order valence-electron chi connectivity index (χ1n) is 7.03. The normalized spacial score (nSPS) is 16.6. The molecule has 0 aliphatic carbocycles. The predicted octanol–water partition coefficient (Wildman–Crippen LogP) is 2.48. The minimum Gasteiger partial charge on any atom is -0.508 e. The number of phenols is 3. The van der Waals surface area contributed by atoms with E-state index in [2.05, 4.69) is 0 Å². The molecule has 0 spiro atoms. The van der Waals surface area contributed by atoms with Crippen molar-refractivity contribution in [1.29, 1.82) is 0 Å². The van der Waals surface area contributed by atoms with E-state index in [1.165, 1.54) is 13.2 Å². The van der Waals surface area contributed by atoms with Gasteiger partial charge in [-0.2, -0.15) is 0 Å². The van der Waals surface area contributed by atoms with Crippen molar-refractivity contribution in [2.24, 2.45) is 0 Å². The summed E-state index contributed by atoms with van der Waals surface area (Å²) in [7, 11) is 1.48. The Morgan fingerprint density at radius 3 is 2.52 bits per heavy atom. The monoisotopic (exact) mass is 316 g/mol. The molecule has 0 aromatic heterocycles. The van der Waals surface area contributed by atoms with Crippen molar-refractivity contribution in [2.45, 2.75) is 12.8 Å². The number of rotatable bonds is 2. The van der Waals surface area contributed by atoms with E-state index < -0.39 is 5.92 Å². The van der Waals surface area contributed by atoms with E-state index in [-0.39, 0.29) is 41.0 Å². The molecular weight excluding hydrogens is 300 g/mol. The number of hydrogen-bond donors (Lipinski definition) is 3. The molecular formula is C17H16O6. The topological polar surface area (TPSA) is 96.2 Å². The lowest BCUT2D eigenvalue weighted by molar-refractivity contribution is 0.0889. The van der Waals surface area contributed by atoms with Crippen LogP contribution >= 0.6 is 0 Å². The third-order valence-corrected chi connectivity index (χ3v) is 4.05. The molecule has 0 saturated heterocycles. The van der Waals surface area contributed by atoms with Crippen LogP contribution in [0.2, 0.25) is 0 Å². The largest absolute Gasteiger partial charge is 0.508 e. The molecule has 120 valence electrons. The Bertz CT molecular complexity index is 796. The van der Waals surface area contributed by atoms with Gasteiger partial charge in [0.25, 0.3) is 0 Å². The van der Waals surface area contributed by atoms with Crippen LogP contribution in [0.5, 0.6) is 28.7 Å². The summed E-state index contributed by atoms with van der Waals surface area (Å²) in [5.41, 5.74) is 0.807. The number of Topliss-reactive ketones (excluding diaryl/α,β-unsaturated/α-hetero) is 1. The smallest absolute Gasteiger partial charge is 0.181 e. The number of hydrogen-bond acceptors (Lipinski definition) is 6. The molecule has 23 heavy (non-hydrogen) atoms. The fourth-order valence-electron chi connectivity index (χ4n) is 2.74. The summed E-state index contributed by atoms with van der Waals surface area (Å²) in [5.74, 6) is -1.03. The van der Waals surface area contributed by atoms with Crippen molar-refractivity contribution in [3.05, 3.63) is 41.0 Å². The zero-order chi connectivity index (χ0) is 16.7. The molecule has 0 saturated carbocycles. The lowest BCUT2D eigenvalue weighted by Gasteiger charge is -2.27. The molecule has 0 bridgehead atoms. The van der Waals surface area contributed by atoms with Gasteiger partial charge < -0.3 is 24.8 Å². The lowest BCUT2D eigenvalue weighted by Crippen LogP contribution is -2.26. The van der Waals surface area contributed by atoms with Gasteiger partial charge in [-0.15, -0.1) is 0 Å². The highest BCUT2D eigenvalue weighted by Gasteiger charge is 2.35. The summed E-state index contributed by atoms with van der Waals surface area (Å²) in [6, 6.07) is 5.76. The number of benzene rings is 2. The Morgan fingerprint density at radius 1 is 1.13 bits per heavy atom. The maximum absolute atomic E-state index is 12.7.